The van der Waals surface area contributed by atoms with E-state index in [4.69, 9.17) is 28.6 Å². The maximum absolute atomic E-state index is 11.7. The van der Waals surface area contributed by atoms with E-state index in [1.54, 1.807) is 0 Å². The van der Waals surface area contributed by atoms with Crippen molar-refractivity contribution in [3.8, 4) is 0 Å². The van der Waals surface area contributed by atoms with E-state index in [-0.39, 0.29) is 0 Å². The lowest BCUT2D eigenvalue weighted by atomic mass is 10.2. The number of rotatable bonds is 3. The van der Waals surface area contributed by atoms with Gasteiger partial charge < -0.3 is 15.4 Å². The van der Waals surface area contributed by atoms with Gasteiger partial charge in [-0.15, -0.1) is 11.3 Å². The Morgan fingerprint density at radius 3 is 2.54 bits per heavy atom. The van der Waals surface area contributed by atoms with Crippen molar-refractivity contribution in [3.05, 3.63) is 58.4 Å². The van der Waals surface area contributed by atoms with Gasteiger partial charge in [-0.3, -0.25) is 0 Å². The van der Waals surface area contributed by atoms with Gasteiger partial charge in [0.15, 0.2) is 5.11 Å². The molecule has 0 aliphatic rings. The zero-order valence-corrected chi connectivity index (χ0v) is 15.0. The predicted molar refractivity (Wildman–Crippen MR) is 104 cm³/mol. The summed E-state index contributed by atoms with van der Waals surface area (Å²) >= 11 is 12.9. The van der Waals surface area contributed by atoms with Crippen LogP contribution in [-0.2, 0) is 4.74 Å². The highest BCUT2D eigenvalue weighted by atomic mass is 35.5. The minimum atomic E-state index is -0.433. The molecule has 0 aliphatic carbocycles. The van der Waals surface area contributed by atoms with Crippen molar-refractivity contribution in [3.63, 3.8) is 0 Å². The van der Waals surface area contributed by atoms with Gasteiger partial charge in [0.25, 0.3) is 0 Å². The van der Waals surface area contributed by atoms with Crippen molar-refractivity contribution in [2.45, 2.75) is 0 Å². The van der Waals surface area contributed by atoms with Crippen LogP contribution in [0.1, 0.15) is 9.67 Å². The smallest absolute Gasteiger partial charge is 0.349 e. The molecule has 7 heteroatoms. The van der Waals surface area contributed by atoms with Gasteiger partial charge in [-0.05, 0) is 42.5 Å². The molecular formula is C17H13ClN2O2S2. The summed E-state index contributed by atoms with van der Waals surface area (Å²) in [4.78, 5) is 12.1. The van der Waals surface area contributed by atoms with Gasteiger partial charge in [0.2, 0.25) is 0 Å². The molecular weight excluding hydrogens is 364 g/mol. The average molecular weight is 377 g/mol. The molecule has 4 nitrogen and oxygen atoms in total. The lowest BCUT2D eigenvalue weighted by molar-refractivity contribution is 0.0606. The molecule has 24 heavy (non-hydrogen) atoms. The van der Waals surface area contributed by atoms with E-state index in [9.17, 15) is 4.79 Å². The lowest BCUT2D eigenvalue weighted by Crippen LogP contribution is -2.18. The van der Waals surface area contributed by atoms with E-state index in [2.05, 4.69) is 10.6 Å². The maximum Gasteiger partial charge on any atom is 0.349 e. The third-order valence-electron chi connectivity index (χ3n) is 3.29. The fourth-order valence-corrected chi connectivity index (χ4v) is 3.88. The number of para-hydroxylation sites is 1. The van der Waals surface area contributed by atoms with Gasteiger partial charge in [0.1, 0.15) is 4.88 Å². The molecule has 0 amide bonds. The summed E-state index contributed by atoms with van der Waals surface area (Å²) in [5.41, 5.74) is 1.72. The van der Waals surface area contributed by atoms with Crippen molar-refractivity contribution in [2.75, 3.05) is 17.7 Å². The number of thiophene rings is 1. The summed E-state index contributed by atoms with van der Waals surface area (Å²) < 4.78 is 5.63. The largest absolute Gasteiger partial charge is 0.465 e. The summed E-state index contributed by atoms with van der Waals surface area (Å²) in [5, 5.41) is 7.94. The monoisotopic (exact) mass is 376 g/mol. The normalized spacial score (nSPS) is 10.4. The summed E-state index contributed by atoms with van der Waals surface area (Å²) in [5.74, 6) is -0.433. The van der Waals surface area contributed by atoms with E-state index in [0.717, 1.165) is 21.5 Å². The van der Waals surface area contributed by atoms with Gasteiger partial charge in [-0.25, -0.2) is 4.79 Å². The van der Waals surface area contributed by atoms with E-state index < -0.39 is 5.97 Å². The number of hydrogen-bond acceptors (Lipinski definition) is 4. The summed E-state index contributed by atoms with van der Waals surface area (Å²) in [6.45, 7) is 0. The molecule has 3 rings (SSSR count). The number of halogens is 1. The number of nitrogens with one attached hydrogen (secondary N) is 2. The van der Waals surface area contributed by atoms with Gasteiger partial charge in [-0.2, -0.15) is 0 Å². The zero-order chi connectivity index (χ0) is 17.1. The highest BCUT2D eigenvalue weighted by molar-refractivity contribution is 7.80. The van der Waals surface area contributed by atoms with E-state index >= 15 is 0 Å². The minimum Gasteiger partial charge on any atom is -0.465 e. The minimum absolute atomic E-state index is 0.399. The standard InChI is InChI=1S/C17H13ClN2O2S2/c1-22-16(21)15-14(18)12-8-7-11(9-13(12)24-15)20-17(23)19-10-5-3-2-4-6-10/h2-9H,1H3,(H2,19,20,23). The molecule has 3 aromatic rings. The molecule has 0 saturated heterocycles. The molecule has 0 bridgehead atoms. The SMILES string of the molecule is COC(=O)c1sc2cc(NC(=S)Nc3ccccc3)ccc2c1Cl. The number of hydrogen-bond donors (Lipinski definition) is 2. The van der Waals surface area contributed by atoms with Gasteiger partial charge in [0.05, 0.1) is 12.1 Å². The number of thiocarbonyl (C=S) groups is 1. The summed E-state index contributed by atoms with van der Waals surface area (Å²) in [6, 6.07) is 15.3. The Balaban J connectivity index is 1.80. The van der Waals surface area contributed by atoms with Crippen LogP contribution in [0.25, 0.3) is 10.1 Å². The van der Waals surface area contributed by atoms with E-state index in [0.29, 0.717) is 15.0 Å². The van der Waals surface area contributed by atoms with Crippen molar-refractivity contribution in [2.24, 2.45) is 0 Å². The van der Waals surface area contributed by atoms with Crippen LogP contribution in [0.4, 0.5) is 11.4 Å². The molecule has 122 valence electrons. The number of anilines is 2. The molecule has 0 unspecified atom stereocenters. The first-order chi connectivity index (χ1) is 11.6. The molecule has 2 N–H and O–H groups in total. The third-order valence-corrected chi connectivity index (χ3v) is 5.13. The highest BCUT2D eigenvalue weighted by Gasteiger charge is 2.17. The van der Waals surface area contributed by atoms with Crippen molar-refractivity contribution in [1.29, 1.82) is 0 Å². The van der Waals surface area contributed by atoms with Gasteiger partial charge in [0, 0.05) is 21.5 Å². The van der Waals surface area contributed by atoms with Gasteiger partial charge >= 0.3 is 5.97 Å². The number of carbonyl (C=O) groups excluding carboxylic acids is 1. The van der Waals surface area contributed by atoms with E-state index in [1.807, 2.05) is 48.5 Å². The number of carbonyl (C=O) groups is 1. The number of methoxy groups -OCH3 is 1. The molecule has 1 heterocycles. The van der Waals surface area contributed by atoms with Crippen LogP contribution in [0.5, 0.6) is 0 Å². The Labute approximate surface area is 153 Å². The Morgan fingerprint density at radius 1 is 1.12 bits per heavy atom. The fourth-order valence-electron chi connectivity index (χ4n) is 2.18. The Morgan fingerprint density at radius 2 is 1.83 bits per heavy atom. The number of benzene rings is 2. The second-order valence-electron chi connectivity index (χ2n) is 4.89. The Hall–Kier alpha value is -2.15. The van der Waals surface area contributed by atoms with Gasteiger partial charge in [-0.1, -0.05) is 29.8 Å². The molecule has 0 saturated carbocycles. The van der Waals surface area contributed by atoms with Crippen molar-refractivity contribution < 1.29 is 9.53 Å². The zero-order valence-electron chi connectivity index (χ0n) is 12.6. The average Bonchev–Trinajstić information content (AvgIpc) is 2.91. The molecule has 1 aromatic heterocycles. The van der Waals surface area contributed by atoms with E-state index in [1.165, 1.54) is 18.4 Å². The first-order valence-corrected chi connectivity index (χ1v) is 8.62. The first-order valence-electron chi connectivity index (χ1n) is 7.02. The van der Waals surface area contributed by atoms with Crippen LogP contribution in [0.3, 0.4) is 0 Å². The fraction of sp³-hybridized carbons (Fsp3) is 0.0588. The Kier molecular flexibility index (Phi) is 4.99. The summed E-state index contributed by atoms with van der Waals surface area (Å²) in [7, 11) is 1.34. The van der Waals surface area contributed by atoms with Crippen LogP contribution in [0.15, 0.2) is 48.5 Å². The first kappa shape index (κ1) is 16.7. The van der Waals surface area contributed by atoms with Crippen molar-refractivity contribution >= 4 is 67.7 Å². The molecule has 2 aromatic carbocycles. The predicted octanol–water partition coefficient (Wildman–Crippen LogP) is 5.15. The molecule has 0 radical (unpaired) electrons. The topological polar surface area (TPSA) is 50.4 Å². The maximum atomic E-state index is 11.7. The third kappa shape index (κ3) is 3.51. The lowest BCUT2D eigenvalue weighted by Gasteiger charge is -2.10. The molecule has 0 fully saturated rings. The second kappa shape index (κ2) is 7.17. The van der Waals surface area contributed by atoms with Crippen LogP contribution in [-0.4, -0.2) is 18.2 Å². The van der Waals surface area contributed by atoms with Crippen LogP contribution in [0, 0.1) is 0 Å². The van der Waals surface area contributed by atoms with Crippen molar-refractivity contribution in [1.82, 2.24) is 0 Å². The second-order valence-corrected chi connectivity index (χ2v) is 6.73. The van der Waals surface area contributed by atoms with Crippen LogP contribution >= 0.6 is 35.2 Å². The van der Waals surface area contributed by atoms with Crippen LogP contribution < -0.4 is 10.6 Å². The molecule has 0 spiro atoms. The molecule has 0 aliphatic heterocycles. The summed E-state index contributed by atoms with van der Waals surface area (Å²) in [6.07, 6.45) is 0. The number of fused-ring (bicyclic) bond motifs is 1. The Bertz CT molecular complexity index is 910. The number of ether oxygens (including phenoxy) is 1. The van der Waals surface area contributed by atoms with Crippen LogP contribution in [0.2, 0.25) is 5.02 Å². The quantitative estimate of drug-likeness (QED) is 0.489. The molecule has 0 atom stereocenters. The highest BCUT2D eigenvalue weighted by Crippen LogP contribution is 2.37. The number of esters is 1.